The number of nitrogens with zero attached hydrogens (tertiary/aromatic N) is 2. The van der Waals surface area contributed by atoms with Crippen molar-refractivity contribution in [3.63, 3.8) is 0 Å². The van der Waals surface area contributed by atoms with Gasteiger partial charge in [-0.15, -0.1) is 0 Å². The minimum atomic E-state index is -0.770. The van der Waals surface area contributed by atoms with E-state index in [1.54, 1.807) is 18.2 Å². The minimum absolute atomic E-state index is 0.00953. The van der Waals surface area contributed by atoms with Crippen molar-refractivity contribution in [1.82, 2.24) is 4.90 Å². The third-order valence-electron chi connectivity index (χ3n) is 3.38. The monoisotopic (exact) mass is 362 g/mol. The molecule has 0 N–H and O–H groups in total. The number of hydrogen-bond acceptors (Lipinski definition) is 4. The van der Waals surface area contributed by atoms with Gasteiger partial charge in [-0.1, -0.05) is 13.8 Å². The first-order valence-electron chi connectivity index (χ1n) is 7.72. The summed E-state index contributed by atoms with van der Waals surface area (Å²) in [4.78, 5) is 18.9. The van der Waals surface area contributed by atoms with Gasteiger partial charge in [-0.25, -0.2) is 13.8 Å². The van der Waals surface area contributed by atoms with Gasteiger partial charge in [-0.3, -0.25) is 9.69 Å². The second-order valence-corrected chi connectivity index (χ2v) is 6.93. The summed E-state index contributed by atoms with van der Waals surface area (Å²) in [5, 5.41) is 0.363. The highest BCUT2D eigenvalue weighted by Gasteiger charge is 2.34. The molecule has 1 aromatic heterocycles. The van der Waals surface area contributed by atoms with Crippen LogP contribution in [0.1, 0.15) is 19.6 Å². The Bertz CT molecular complexity index is 845. The molecule has 0 spiro atoms. The van der Waals surface area contributed by atoms with E-state index in [1.165, 1.54) is 17.2 Å². The molecule has 1 fully saturated rings. The van der Waals surface area contributed by atoms with Crippen LogP contribution in [0, 0.1) is 17.6 Å². The molecular weight excluding hydrogens is 346 g/mol. The maximum atomic E-state index is 13.9. The third-order valence-corrected chi connectivity index (χ3v) is 4.38. The zero-order valence-corrected chi connectivity index (χ0v) is 14.5. The normalized spacial score (nSPS) is 18.1. The van der Waals surface area contributed by atoms with Crippen molar-refractivity contribution in [1.29, 1.82) is 0 Å². The third kappa shape index (κ3) is 3.99. The van der Waals surface area contributed by atoms with Gasteiger partial charge in [-0.05, 0) is 41.9 Å². The van der Waals surface area contributed by atoms with Crippen LogP contribution in [0.4, 0.5) is 14.5 Å². The molecule has 0 aliphatic carbocycles. The molecule has 0 unspecified atom stereocenters. The van der Waals surface area contributed by atoms with Crippen molar-refractivity contribution >= 4 is 34.6 Å². The average Bonchev–Trinajstić information content (AvgIpc) is 3.14. The van der Waals surface area contributed by atoms with E-state index in [0.29, 0.717) is 22.4 Å². The molecule has 1 saturated heterocycles. The van der Waals surface area contributed by atoms with Crippen LogP contribution < -0.4 is 0 Å². The van der Waals surface area contributed by atoms with Crippen molar-refractivity contribution < 1.29 is 18.0 Å². The topological polar surface area (TPSA) is 45.8 Å². The van der Waals surface area contributed by atoms with Crippen LogP contribution in [0.25, 0.3) is 6.08 Å². The molecule has 3 rings (SSSR count). The summed E-state index contributed by atoms with van der Waals surface area (Å²) in [6.45, 7) is 4.40. The van der Waals surface area contributed by atoms with Gasteiger partial charge in [0.1, 0.15) is 17.3 Å². The standard InChI is InChI=1S/C18H16F2N2O2S/c1-11(2)10-22-17(23)16(9-13-4-3-7-24-13)25-18(22)21-15-6-5-12(19)8-14(15)20/h3-9,11H,10H2,1-2H3/b16-9+,21-18?. The fourth-order valence-electron chi connectivity index (χ4n) is 2.30. The van der Waals surface area contributed by atoms with E-state index in [4.69, 9.17) is 4.42 Å². The Morgan fingerprint density at radius 3 is 2.76 bits per heavy atom. The van der Waals surface area contributed by atoms with E-state index in [-0.39, 0.29) is 17.5 Å². The SMILES string of the molecule is CC(C)CN1C(=O)/C(=C\c2ccco2)SC1=Nc1ccc(F)cc1F. The molecule has 1 aliphatic heterocycles. The fourth-order valence-corrected chi connectivity index (χ4v) is 3.28. The zero-order chi connectivity index (χ0) is 18.0. The molecule has 0 saturated carbocycles. The van der Waals surface area contributed by atoms with E-state index in [9.17, 15) is 13.6 Å². The molecule has 1 aromatic carbocycles. The Morgan fingerprint density at radius 1 is 1.32 bits per heavy atom. The van der Waals surface area contributed by atoms with E-state index in [0.717, 1.165) is 23.9 Å². The Kier molecular flexibility index (Phi) is 5.03. The summed E-state index contributed by atoms with van der Waals surface area (Å²) < 4.78 is 32.2. The second kappa shape index (κ2) is 7.23. The number of furan rings is 1. The quantitative estimate of drug-likeness (QED) is 0.733. The summed E-state index contributed by atoms with van der Waals surface area (Å²) in [7, 11) is 0. The van der Waals surface area contributed by atoms with Crippen LogP contribution >= 0.6 is 11.8 Å². The molecule has 2 aromatic rings. The lowest BCUT2D eigenvalue weighted by Gasteiger charge is -2.17. The van der Waals surface area contributed by atoms with Crippen LogP contribution in [0.15, 0.2) is 50.9 Å². The van der Waals surface area contributed by atoms with Gasteiger partial charge >= 0.3 is 0 Å². The number of amidine groups is 1. The molecule has 0 radical (unpaired) electrons. The van der Waals surface area contributed by atoms with Gasteiger partial charge < -0.3 is 4.42 Å². The van der Waals surface area contributed by atoms with Gasteiger partial charge in [0.2, 0.25) is 0 Å². The number of carbonyl (C=O) groups is 1. The molecule has 2 heterocycles. The summed E-state index contributed by atoms with van der Waals surface area (Å²) >= 11 is 1.14. The highest BCUT2D eigenvalue weighted by Crippen LogP contribution is 2.35. The number of amides is 1. The molecule has 0 atom stereocenters. The summed E-state index contributed by atoms with van der Waals surface area (Å²) in [5.41, 5.74) is -0.00953. The number of hydrogen-bond donors (Lipinski definition) is 0. The molecule has 25 heavy (non-hydrogen) atoms. The number of halogens is 2. The first-order chi connectivity index (χ1) is 11.9. The smallest absolute Gasteiger partial charge is 0.266 e. The first-order valence-corrected chi connectivity index (χ1v) is 8.54. The highest BCUT2D eigenvalue weighted by molar-refractivity contribution is 8.18. The Morgan fingerprint density at radius 2 is 2.12 bits per heavy atom. The van der Waals surface area contributed by atoms with Crippen LogP contribution in [0.5, 0.6) is 0 Å². The Labute approximate surface area is 148 Å². The number of thioether (sulfide) groups is 1. The van der Waals surface area contributed by atoms with E-state index >= 15 is 0 Å². The summed E-state index contributed by atoms with van der Waals surface area (Å²) in [6, 6.07) is 6.63. The van der Waals surface area contributed by atoms with Crippen LogP contribution in [-0.2, 0) is 4.79 Å². The number of rotatable bonds is 4. The Hall–Kier alpha value is -2.41. The minimum Gasteiger partial charge on any atom is -0.465 e. The van der Waals surface area contributed by atoms with Crippen LogP contribution in [0.2, 0.25) is 0 Å². The molecule has 130 valence electrons. The van der Waals surface area contributed by atoms with Gasteiger partial charge in [0.05, 0.1) is 11.2 Å². The van der Waals surface area contributed by atoms with Crippen molar-refractivity contribution in [2.75, 3.05) is 6.54 Å². The molecule has 4 nitrogen and oxygen atoms in total. The molecule has 7 heteroatoms. The van der Waals surface area contributed by atoms with Gasteiger partial charge in [0.15, 0.2) is 11.0 Å². The van der Waals surface area contributed by atoms with Crippen molar-refractivity contribution in [3.8, 4) is 0 Å². The van der Waals surface area contributed by atoms with Gasteiger partial charge in [-0.2, -0.15) is 0 Å². The largest absolute Gasteiger partial charge is 0.465 e. The first kappa shape index (κ1) is 17.4. The van der Waals surface area contributed by atoms with E-state index < -0.39 is 11.6 Å². The zero-order valence-electron chi connectivity index (χ0n) is 13.7. The molecule has 1 amide bonds. The molecule has 1 aliphatic rings. The highest BCUT2D eigenvalue weighted by atomic mass is 32.2. The average molecular weight is 362 g/mol. The van der Waals surface area contributed by atoms with E-state index in [1.807, 2.05) is 13.8 Å². The molecular formula is C18H16F2N2O2S. The number of carbonyl (C=O) groups excluding carboxylic acids is 1. The maximum Gasteiger partial charge on any atom is 0.266 e. The van der Waals surface area contributed by atoms with Crippen LogP contribution in [-0.4, -0.2) is 22.5 Å². The van der Waals surface area contributed by atoms with E-state index in [2.05, 4.69) is 4.99 Å². The fraction of sp³-hybridized carbons (Fsp3) is 0.222. The number of benzene rings is 1. The Balaban J connectivity index is 1.97. The number of aliphatic imine (C=N–C) groups is 1. The maximum absolute atomic E-state index is 13.9. The lowest BCUT2D eigenvalue weighted by molar-refractivity contribution is -0.122. The second-order valence-electron chi connectivity index (χ2n) is 5.93. The predicted octanol–water partition coefficient (Wildman–Crippen LogP) is 4.82. The van der Waals surface area contributed by atoms with Crippen molar-refractivity contribution in [2.24, 2.45) is 10.9 Å². The van der Waals surface area contributed by atoms with Crippen molar-refractivity contribution in [3.05, 3.63) is 58.9 Å². The molecule has 0 bridgehead atoms. The lowest BCUT2D eigenvalue weighted by Crippen LogP contribution is -2.32. The van der Waals surface area contributed by atoms with Crippen LogP contribution in [0.3, 0.4) is 0 Å². The van der Waals surface area contributed by atoms with Gasteiger partial charge in [0.25, 0.3) is 5.91 Å². The summed E-state index contributed by atoms with van der Waals surface area (Å²) in [5.74, 6) is -0.899. The predicted molar refractivity (Wildman–Crippen MR) is 94.3 cm³/mol. The summed E-state index contributed by atoms with van der Waals surface area (Å²) in [6.07, 6.45) is 3.15. The van der Waals surface area contributed by atoms with Gasteiger partial charge in [0, 0.05) is 18.7 Å². The van der Waals surface area contributed by atoms with Crippen molar-refractivity contribution in [2.45, 2.75) is 13.8 Å². The lowest BCUT2D eigenvalue weighted by atomic mass is 10.2.